The molecule has 0 unspecified atom stereocenters. The minimum Gasteiger partial charge on any atom is -0.369 e. The van der Waals surface area contributed by atoms with Gasteiger partial charge in [0.05, 0.1) is 12.4 Å². The van der Waals surface area contributed by atoms with Crippen molar-refractivity contribution in [3.8, 4) is 0 Å². The number of anilines is 3. The van der Waals surface area contributed by atoms with Crippen LogP contribution >= 0.6 is 0 Å². The third kappa shape index (κ3) is 4.04. The van der Waals surface area contributed by atoms with Gasteiger partial charge in [-0.25, -0.2) is 9.50 Å². The molecule has 0 bridgehead atoms. The van der Waals surface area contributed by atoms with Crippen LogP contribution in [0.2, 0.25) is 0 Å². The molecular formula is C22H26N8O. The van der Waals surface area contributed by atoms with E-state index in [2.05, 4.69) is 56.1 Å². The van der Waals surface area contributed by atoms with Crippen LogP contribution in [0.5, 0.6) is 0 Å². The van der Waals surface area contributed by atoms with E-state index in [1.807, 2.05) is 25.3 Å². The number of benzene rings is 1. The maximum atomic E-state index is 12.0. The molecule has 0 spiro atoms. The molecule has 9 heteroatoms. The fourth-order valence-corrected chi connectivity index (χ4v) is 3.92. The van der Waals surface area contributed by atoms with Crippen molar-refractivity contribution in [1.82, 2.24) is 30.1 Å². The maximum Gasteiger partial charge on any atom is 0.269 e. The third-order valence-corrected chi connectivity index (χ3v) is 5.65. The van der Waals surface area contributed by atoms with Crippen molar-refractivity contribution >= 4 is 34.8 Å². The molecule has 2 aromatic heterocycles. The predicted molar refractivity (Wildman–Crippen MR) is 121 cm³/mol. The summed E-state index contributed by atoms with van der Waals surface area (Å²) in [7, 11) is 2.16. The zero-order valence-electron chi connectivity index (χ0n) is 17.7. The number of hydrogen-bond donors (Lipinski definition) is 3. The highest BCUT2D eigenvalue weighted by Crippen LogP contribution is 2.24. The Hall–Kier alpha value is -3.59. The molecule has 0 radical (unpaired) electrons. The molecule has 5 rings (SSSR count). The summed E-state index contributed by atoms with van der Waals surface area (Å²) in [6.45, 7) is 6.09. The van der Waals surface area contributed by atoms with E-state index in [4.69, 9.17) is 4.98 Å². The van der Waals surface area contributed by atoms with E-state index in [1.54, 1.807) is 16.8 Å². The van der Waals surface area contributed by atoms with Gasteiger partial charge in [0.15, 0.2) is 5.65 Å². The van der Waals surface area contributed by atoms with Crippen LogP contribution in [-0.2, 0) is 4.79 Å². The molecule has 2 aliphatic heterocycles. The minimum absolute atomic E-state index is 0.0849. The van der Waals surface area contributed by atoms with E-state index >= 15 is 0 Å². The monoisotopic (exact) mass is 418 g/mol. The molecule has 160 valence electrons. The molecule has 31 heavy (non-hydrogen) atoms. The van der Waals surface area contributed by atoms with Crippen LogP contribution in [-0.4, -0.2) is 64.8 Å². The van der Waals surface area contributed by atoms with E-state index < -0.39 is 0 Å². The van der Waals surface area contributed by atoms with Gasteiger partial charge in [-0.3, -0.25) is 4.79 Å². The lowest BCUT2D eigenvalue weighted by atomic mass is 10.2. The number of nitrogens with one attached hydrogen (secondary N) is 3. The number of rotatable bonds is 4. The van der Waals surface area contributed by atoms with Crippen LogP contribution in [0.4, 0.5) is 17.2 Å². The van der Waals surface area contributed by atoms with E-state index in [0.29, 0.717) is 11.3 Å². The van der Waals surface area contributed by atoms with Crippen molar-refractivity contribution in [1.29, 1.82) is 0 Å². The van der Waals surface area contributed by atoms with Crippen molar-refractivity contribution < 1.29 is 4.79 Å². The van der Waals surface area contributed by atoms with E-state index in [1.165, 1.54) is 5.69 Å². The Morgan fingerprint density at radius 3 is 2.77 bits per heavy atom. The molecular weight excluding hydrogens is 392 g/mol. The number of likely N-dealkylation sites (N-methyl/N-ethyl adjacent to an activating group) is 1. The zero-order chi connectivity index (χ0) is 21.4. The highest BCUT2D eigenvalue weighted by Gasteiger charge is 2.22. The van der Waals surface area contributed by atoms with Gasteiger partial charge >= 0.3 is 0 Å². The Bertz CT molecular complexity index is 1150. The molecule has 0 aliphatic carbocycles. The first-order valence-electron chi connectivity index (χ1n) is 10.5. The Labute approximate surface area is 180 Å². The van der Waals surface area contributed by atoms with E-state index in [0.717, 1.165) is 43.2 Å². The second kappa shape index (κ2) is 7.92. The Balaban J connectivity index is 1.38. The lowest BCUT2D eigenvalue weighted by Crippen LogP contribution is -2.44. The summed E-state index contributed by atoms with van der Waals surface area (Å²) in [6, 6.07) is 10.3. The van der Waals surface area contributed by atoms with Crippen LogP contribution in [0, 0.1) is 0 Å². The van der Waals surface area contributed by atoms with Crippen LogP contribution < -0.4 is 20.9 Å². The van der Waals surface area contributed by atoms with Crippen LogP contribution in [0.15, 0.2) is 48.4 Å². The van der Waals surface area contributed by atoms with Gasteiger partial charge in [0.2, 0.25) is 0 Å². The van der Waals surface area contributed by atoms with Crippen molar-refractivity contribution in [3.05, 3.63) is 54.0 Å². The average molecular weight is 419 g/mol. The zero-order valence-corrected chi connectivity index (χ0v) is 17.7. The number of piperazine rings is 1. The van der Waals surface area contributed by atoms with Gasteiger partial charge in [0.25, 0.3) is 5.91 Å². The number of fused-ring (bicyclic) bond motifs is 1. The number of carbonyl (C=O) groups excluding carboxylic acids is 1. The summed E-state index contributed by atoms with van der Waals surface area (Å²) >= 11 is 0. The van der Waals surface area contributed by atoms with Crippen LogP contribution in [0.1, 0.15) is 12.5 Å². The average Bonchev–Trinajstić information content (AvgIpc) is 3.31. The molecule has 4 heterocycles. The molecule has 0 saturated carbocycles. The predicted octanol–water partition coefficient (Wildman–Crippen LogP) is 1.63. The molecule has 9 nitrogen and oxygen atoms in total. The fourth-order valence-electron chi connectivity index (χ4n) is 3.92. The molecule has 2 fully saturated rings. The van der Waals surface area contributed by atoms with Gasteiger partial charge in [-0.1, -0.05) is 6.07 Å². The Kier molecular flexibility index (Phi) is 4.95. The van der Waals surface area contributed by atoms with Crippen LogP contribution in [0.3, 0.4) is 0 Å². The first-order chi connectivity index (χ1) is 15.0. The van der Waals surface area contributed by atoms with E-state index in [-0.39, 0.29) is 12.1 Å². The van der Waals surface area contributed by atoms with Crippen molar-refractivity contribution in [3.63, 3.8) is 0 Å². The highest BCUT2D eigenvalue weighted by molar-refractivity contribution is 6.00. The van der Waals surface area contributed by atoms with Gasteiger partial charge < -0.3 is 25.8 Å². The number of amides is 1. The van der Waals surface area contributed by atoms with Gasteiger partial charge in [-0.05, 0) is 44.3 Å². The van der Waals surface area contributed by atoms with Gasteiger partial charge in [-0.2, -0.15) is 5.10 Å². The standard InChI is InChI=1S/C22H26N8O/c1-15-24-19(22(31)25-15)12-16-14-23-30-7-6-20(27-21(16)30)26-17-4-3-5-18(13-17)29-10-8-28(2)9-11-29/h3-7,12-15,24H,8-11H2,1-2H3,(H,25,31)(H,26,27)/b19-12-/t15-/m0/s1. The fraction of sp³-hybridized carbons (Fsp3) is 0.318. The highest BCUT2D eigenvalue weighted by atomic mass is 16.2. The van der Waals surface area contributed by atoms with Crippen molar-refractivity contribution in [2.45, 2.75) is 13.1 Å². The summed E-state index contributed by atoms with van der Waals surface area (Å²) < 4.78 is 1.70. The lowest BCUT2D eigenvalue weighted by molar-refractivity contribution is -0.116. The number of aromatic nitrogens is 3. The maximum absolute atomic E-state index is 12.0. The van der Waals surface area contributed by atoms with Gasteiger partial charge in [0.1, 0.15) is 11.5 Å². The first-order valence-corrected chi connectivity index (χ1v) is 10.5. The van der Waals surface area contributed by atoms with Gasteiger partial charge in [0, 0.05) is 49.3 Å². The lowest BCUT2D eigenvalue weighted by Gasteiger charge is -2.34. The Morgan fingerprint density at radius 2 is 2.00 bits per heavy atom. The normalized spacial score (nSPS) is 20.8. The second-order valence-electron chi connectivity index (χ2n) is 8.04. The summed E-state index contributed by atoms with van der Waals surface area (Å²) in [5.74, 6) is 0.599. The summed E-state index contributed by atoms with van der Waals surface area (Å²) in [4.78, 5) is 21.5. The third-order valence-electron chi connectivity index (χ3n) is 5.65. The molecule has 1 aromatic carbocycles. The van der Waals surface area contributed by atoms with E-state index in [9.17, 15) is 4.79 Å². The topological polar surface area (TPSA) is 89.8 Å². The summed E-state index contributed by atoms with van der Waals surface area (Å²) in [5.41, 5.74) is 4.17. The van der Waals surface area contributed by atoms with Crippen molar-refractivity contribution in [2.75, 3.05) is 43.4 Å². The molecule has 1 amide bonds. The minimum atomic E-state index is -0.123. The summed E-state index contributed by atoms with van der Waals surface area (Å²) in [5, 5.41) is 13.7. The second-order valence-corrected chi connectivity index (χ2v) is 8.04. The quantitative estimate of drug-likeness (QED) is 0.555. The molecule has 3 N–H and O–H groups in total. The largest absolute Gasteiger partial charge is 0.369 e. The molecule has 2 saturated heterocycles. The molecule has 1 atom stereocenters. The smallest absolute Gasteiger partial charge is 0.269 e. The number of hydrogen-bond acceptors (Lipinski definition) is 7. The number of carbonyl (C=O) groups is 1. The van der Waals surface area contributed by atoms with Crippen LogP contribution in [0.25, 0.3) is 11.7 Å². The number of nitrogens with zero attached hydrogens (tertiary/aromatic N) is 5. The Morgan fingerprint density at radius 1 is 1.16 bits per heavy atom. The first kappa shape index (κ1) is 19.4. The molecule has 3 aromatic rings. The summed E-state index contributed by atoms with van der Waals surface area (Å²) in [6.07, 6.45) is 5.28. The van der Waals surface area contributed by atoms with Crippen molar-refractivity contribution in [2.24, 2.45) is 0 Å². The van der Waals surface area contributed by atoms with Gasteiger partial charge in [-0.15, -0.1) is 0 Å². The SMILES string of the molecule is C[C@@H]1NC(=O)/C(=C/c2cnn3ccc(Nc4cccc(N5CCN(C)CC5)c4)nc23)N1. The molecule has 2 aliphatic rings.